The zero-order valence-corrected chi connectivity index (χ0v) is 11.7. The van der Waals surface area contributed by atoms with Crippen LogP contribution in [0.3, 0.4) is 0 Å². The fraction of sp³-hybridized carbons (Fsp3) is 0.429. The Morgan fingerprint density at radius 3 is 3.00 bits per heavy atom. The van der Waals surface area contributed by atoms with E-state index in [4.69, 9.17) is 9.47 Å². The minimum atomic E-state index is 0.713. The lowest BCUT2D eigenvalue weighted by Crippen LogP contribution is -2.30. The van der Waals surface area contributed by atoms with Crippen molar-refractivity contribution in [2.75, 3.05) is 20.8 Å². The van der Waals surface area contributed by atoms with E-state index in [1.54, 1.807) is 26.7 Å². The zero-order valence-electron chi connectivity index (χ0n) is 11.7. The van der Waals surface area contributed by atoms with E-state index in [1.165, 1.54) is 11.4 Å². The molecule has 0 radical (unpaired) electrons. The molecule has 2 aromatic rings. The molecule has 1 aliphatic heterocycles. The molecule has 20 heavy (non-hydrogen) atoms. The Morgan fingerprint density at radius 2 is 2.20 bits per heavy atom. The molecule has 0 amide bonds. The first-order chi connectivity index (χ1) is 9.81. The number of hydrogen-bond acceptors (Lipinski definition) is 5. The summed E-state index contributed by atoms with van der Waals surface area (Å²) in [5.41, 5.74) is 3.26. The Labute approximate surface area is 117 Å². The molecule has 6 heteroatoms. The minimum Gasteiger partial charge on any atom is -0.493 e. The Balaban J connectivity index is 1.79. The van der Waals surface area contributed by atoms with Crippen molar-refractivity contribution in [2.24, 2.45) is 0 Å². The number of ether oxygens (including phenoxy) is 2. The Morgan fingerprint density at radius 1 is 1.30 bits per heavy atom. The molecule has 0 bridgehead atoms. The number of nitrogens with zero attached hydrogens (tertiary/aromatic N) is 3. The summed E-state index contributed by atoms with van der Waals surface area (Å²) >= 11 is 0. The standard InChI is InChI=1S/C14H18N4O2/c1-19-13-3-5-15-12(14(13)20-2)8-18-6-4-10-11(7-18)17-9-16-10/h3,5,9H,4,6-8H2,1-2H3,(H,16,17). The first kappa shape index (κ1) is 12.9. The summed E-state index contributed by atoms with van der Waals surface area (Å²) < 4.78 is 10.7. The molecule has 0 fully saturated rings. The summed E-state index contributed by atoms with van der Waals surface area (Å²) in [6, 6.07) is 1.81. The van der Waals surface area contributed by atoms with Gasteiger partial charge in [0, 0.05) is 38.3 Å². The van der Waals surface area contributed by atoms with Crippen LogP contribution in [0.25, 0.3) is 0 Å². The number of methoxy groups -OCH3 is 2. The van der Waals surface area contributed by atoms with Gasteiger partial charge < -0.3 is 14.5 Å². The molecule has 0 unspecified atom stereocenters. The van der Waals surface area contributed by atoms with Crippen LogP contribution in [0.1, 0.15) is 17.1 Å². The molecule has 0 saturated carbocycles. The second-order valence-corrected chi connectivity index (χ2v) is 4.78. The second kappa shape index (κ2) is 5.50. The summed E-state index contributed by atoms with van der Waals surface area (Å²) in [6.07, 6.45) is 4.48. The molecule has 0 aliphatic carbocycles. The van der Waals surface area contributed by atoms with Crippen molar-refractivity contribution in [1.82, 2.24) is 19.9 Å². The quantitative estimate of drug-likeness (QED) is 0.912. The third kappa shape index (κ3) is 2.34. The SMILES string of the molecule is COc1ccnc(CN2CCc3nc[nH]c3C2)c1OC. The third-order valence-electron chi connectivity index (χ3n) is 3.59. The number of hydrogen-bond donors (Lipinski definition) is 1. The molecule has 3 heterocycles. The monoisotopic (exact) mass is 274 g/mol. The summed E-state index contributed by atoms with van der Waals surface area (Å²) in [5, 5.41) is 0. The highest BCUT2D eigenvalue weighted by Gasteiger charge is 2.21. The van der Waals surface area contributed by atoms with Gasteiger partial charge in [-0.2, -0.15) is 0 Å². The van der Waals surface area contributed by atoms with Crippen LogP contribution in [0.5, 0.6) is 11.5 Å². The summed E-state index contributed by atoms with van der Waals surface area (Å²) in [5.74, 6) is 1.43. The van der Waals surface area contributed by atoms with Gasteiger partial charge in [0.25, 0.3) is 0 Å². The maximum absolute atomic E-state index is 5.43. The molecular formula is C14H18N4O2. The summed E-state index contributed by atoms with van der Waals surface area (Å²) in [6.45, 7) is 2.57. The van der Waals surface area contributed by atoms with Gasteiger partial charge in [-0.3, -0.25) is 9.88 Å². The van der Waals surface area contributed by atoms with Crippen LogP contribution in [0.15, 0.2) is 18.6 Å². The van der Waals surface area contributed by atoms with Crippen LogP contribution in [0, 0.1) is 0 Å². The normalized spacial score (nSPS) is 14.9. The van der Waals surface area contributed by atoms with Gasteiger partial charge in [0.05, 0.1) is 31.9 Å². The number of imidazole rings is 1. The van der Waals surface area contributed by atoms with E-state index in [0.29, 0.717) is 5.75 Å². The van der Waals surface area contributed by atoms with E-state index in [1.807, 2.05) is 6.07 Å². The molecule has 0 aromatic carbocycles. The van der Waals surface area contributed by atoms with Crippen LogP contribution in [-0.4, -0.2) is 40.6 Å². The van der Waals surface area contributed by atoms with E-state index < -0.39 is 0 Å². The molecule has 0 spiro atoms. The number of H-pyrrole nitrogens is 1. The van der Waals surface area contributed by atoms with Crippen molar-refractivity contribution in [1.29, 1.82) is 0 Å². The highest BCUT2D eigenvalue weighted by molar-refractivity contribution is 5.42. The van der Waals surface area contributed by atoms with Gasteiger partial charge in [-0.25, -0.2) is 4.98 Å². The van der Waals surface area contributed by atoms with Crippen molar-refractivity contribution in [3.63, 3.8) is 0 Å². The van der Waals surface area contributed by atoms with Crippen LogP contribution in [-0.2, 0) is 19.5 Å². The lowest BCUT2D eigenvalue weighted by atomic mass is 10.1. The molecule has 2 aromatic heterocycles. The van der Waals surface area contributed by atoms with E-state index in [9.17, 15) is 0 Å². The fourth-order valence-electron chi connectivity index (χ4n) is 2.58. The minimum absolute atomic E-state index is 0.713. The van der Waals surface area contributed by atoms with E-state index in [-0.39, 0.29) is 0 Å². The van der Waals surface area contributed by atoms with Gasteiger partial charge in [0.2, 0.25) is 0 Å². The van der Waals surface area contributed by atoms with Crippen molar-refractivity contribution in [2.45, 2.75) is 19.5 Å². The number of pyridine rings is 1. The largest absolute Gasteiger partial charge is 0.493 e. The van der Waals surface area contributed by atoms with E-state index >= 15 is 0 Å². The van der Waals surface area contributed by atoms with Crippen molar-refractivity contribution in [3.8, 4) is 11.5 Å². The number of nitrogens with one attached hydrogen (secondary N) is 1. The van der Waals surface area contributed by atoms with Crippen molar-refractivity contribution < 1.29 is 9.47 Å². The number of rotatable bonds is 4. The van der Waals surface area contributed by atoms with Crippen LogP contribution < -0.4 is 9.47 Å². The van der Waals surface area contributed by atoms with Crippen LogP contribution >= 0.6 is 0 Å². The molecule has 6 nitrogen and oxygen atoms in total. The molecular weight excluding hydrogens is 256 g/mol. The number of fused-ring (bicyclic) bond motifs is 1. The highest BCUT2D eigenvalue weighted by atomic mass is 16.5. The fourth-order valence-corrected chi connectivity index (χ4v) is 2.58. The summed E-state index contributed by atoms with van der Waals surface area (Å²) in [4.78, 5) is 14.3. The van der Waals surface area contributed by atoms with E-state index in [2.05, 4.69) is 19.9 Å². The lowest BCUT2D eigenvalue weighted by Gasteiger charge is -2.26. The average Bonchev–Trinajstić information content (AvgIpc) is 2.94. The zero-order chi connectivity index (χ0) is 13.9. The lowest BCUT2D eigenvalue weighted by molar-refractivity contribution is 0.233. The van der Waals surface area contributed by atoms with Gasteiger partial charge >= 0.3 is 0 Å². The Hall–Kier alpha value is -2.08. The molecule has 1 N–H and O–H groups in total. The average molecular weight is 274 g/mol. The number of aromatic nitrogens is 3. The highest BCUT2D eigenvalue weighted by Crippen LogP contribution is 2.30. The Kier molecular flexibility index (Phi) is 3.56. The maximum Gasteiger partial charge on any atom is 0.183 e. The molecule has 1 aliphatic rings. The topological polar surface area (TPSA) is 63.3 Å². The second-order valence-electron chi connectivity index (χ2n) is 4.78. The Bertz CT molecular complexity index is 597. The molecule has 0 saturated heterocycles. The first-order valence-electron chi connectivity index (χ1n) is 6.61. The van der Waals surface area contributed by atoms with Gasteiger partial charge in [0.15, 0.2) is 11.5 Å². The van der Waals surface area contributed by atoms with Crippen LogP contribution in [0.4, 0.5) is 0 Å². The maximum atomic E-state index is 5.43. The predicted molar refractivity (Wildman–Crippen MR) is 73.7 cm³/mol. The van der Waals surface area contributed by atoms with Gasteiger partial charge in [-0.1, -0.05) is 0 Å². The summed E-state index contributed by atoms with van der Waals surface area (Å²) in [7, 11) is 3.28. The first-order valence-corrected chi connectivity index (χ1v) is 6.61. The van der Waals surface area contributed by atoms with Gasteiger partial charge in [0.1, 0.15) is 5.69 Å². The van der Waals surface area contributed by atoms with Gasteiger partial charge in [-0.05, 0) is 0 Å². The molecule has 0 atom stereocenters. The predicted octanol–water partition coefficient (Wildman–Crippen LogP) is 1.38. The smallest absolute Gasteiger partial charge is 0.183 e. The van der Waals surface area contributed by atoms with Crippen molar-refractivity contribution in [3.05, 3.63) is 35.7 Å². The molecule has 3 rings (SSSR count). The van der Waals surface area contributed by atoms with E-state index in [0.717, 1.165) is 37.5 Å². The van der Waals surface area contributed by atoms with Crippen LogP contribution in [0.2, 0.25) is 0 Å². The number of aromatic amines is 1. The van der Waals surface area contributed by atoms with Crippen molar-refractivity contribution >= 4 is 0 Å². The third-order valence-corrected chi connectivity index (χ3v) is 3.59. The van der Waals surface area contributed by atoms with Gasteiger partial charge in [-0.15, -0.1) is 0 Å². The molecule has 106 valence electrons.